The fraction of sp³-hybridized carbons (Fsp3) is 0.500. The van der Waals surface area contributed by atoms with Crippen molar-refractivity contribution >= 4 is 23.1 Å². The summed E-state index contributed by atoms with van der Waals surface area (Å²) in [6, 6.07) is 2.16. The molecule has 0 bridgehead atoms. The number of nitrogens with zero attached hydrogens (tertiary/aromatic N) is 4. The zero-order valence-corrected chi connectivity index (χ0v) is 18.5. The average molecular weight is 413 g/mol. The molecule has 0 unspecified atom stereocenters. The van der Waals surface area contributed by atoms with Crippen LogP contribution in [0.4, 0.5) is 4.79 Å². The summed E-state index contributed by atoms with van der Waals surface area (Å²) in [5.41, 5.74) is 4.96. The van der Waals surface area contributed by atoms with Crippen LogP contribution in [0.3, 0.4) is 0 Å². The van der Waals surface area contributed by atoms with Crippen molar-refractivity contribution in [3.63, 3.8) is 0 Å². The predicted molar refractivity (Wildman–Crippen MR) is 116 cm³/mol. The van der Waals surface area contributed by atoms with Crippen molar-refractivity contribution in [2.45, 2.75) is 59.0 Å². The molecule has 0 aliphatic carbocycles. The van der Waals surface area contributed by atoms with Crippen molar-refractivity contribution in [3.8, 4) is 10.6 Å². The first-order valence-electron chi connectivity index (χ1n) is 10.1. The van der Waals surface area contributed by atoms with Gasteiger partial charge in [-0.25, -0.2) is 14.8 Å². The number of carbonyl (C=O) groups is 1. The van der Waals surface area contributed by atoms with Crippen molar-refractivity contribution in [1.82, 2.24) is 19.3 Å². The fourth-order valence-corrected chi connectivity index (χ4v) is 4.68. The second-order valence-electron chi connectivity index (χ2n) is 8.84. The van der Waals surface area contributed by atoms with Gasteiger partial charge in [0.25, 0.3) is 0 Å². The molecule has 4 rings (SSSR count). The highest BCUT2D eigenvalue weighted by Gasteiger charge is 2.28. The number of pyridine rings is 1. The highest BCUT2D eigenvalue weighted by atomic mass is 32.1. The van der Waals surface area contributed by atoms with E-state index in [2.05, 4.69) is 34.0 Å². The highest BCUT2D eigenvalue weighted by molar-refractivity contribution is 7.13. The van der Waals surface area contributed by atoms with Crippen LogP contribution in [0.15, 0.2) is 23.8 Å². The minimum atomic E-state index is -0.454. The van der Waals surface area contributed by atoms with Gasteiger partial charge in [-0.1, -0.05) is 0 Å². The Kier molecular flexibility index (Phi) is 5.11. The van der Waals surface area contributed by atoms with Crippen LogP contribution in [0.2, 0.25) is 0 Å². The van der Waals surface area contributed by atoms with E-state index in [-0.39, 0.29) is 6.09 Å². The third-order valence-electron chi connectivity index (χ3n) is 5.19. The summed E-state index contributed by atoms with van der Waals surface area (Å²) in [5.74, 6) is 0.388. The van der Waals surface area contributed by atoms with Crippen LogP contribution < -0.4 is 0 Å². The lowest BCUT2D eigenvalue weighted by Crippen LogP contribution is -2.41. The molecule has 0 saturated carbocycles. The second-order valence-corrected chi connectivity index (χ2v) is 9.70. The minimum absolute atomic E-state index is 0.214. The van der Waals surface area contributed by atoms with Crippen LogP contribution in [-0.2, 0) is 4.74 Å². The molecule has 1 fully saturated rings. The van der Waals surface area contributed by atoms with Gasteiger partial charge in [-0.05, 0) is 59.1 Å². The molecule has 4 heterocycles. The number of aryl methyl sites for hydroxylation is 2. The Morgan fingerprint density at radius 1 is 1.17 bits per heavy atom. The maximum absolute atomic E-state index is 12.3. The molecule has 3 aromatic heterocycles. The molecule has 1 aliphatic rings. The van der Waals surface area contributed by atoms with E-state index in [1.807, 2.05) is 38.8 Å². The number of aromatic nitrogens is 3. The maximum atomic E-state index is 12.3. The van der Waals surface area contributed by atoms with Crippen LogP contribution in [0.25, 0.3) is 16.2 Å². The molecular weight excluding hydrogens is 384 g/mol. The first-order valence-corrected chi connectivity index (χ1v) is 11.0. The second kappa shape index (κ2) is 7.44. The zero-order valence-electron chi connectivity index (χ0n) is 17.7. The number of fused-ring (bicyclic) bond motifs is 1. The third-order valence-corrected chi connectivity index (χ3v) is 6.10. The van der Waals surface area contributed by atoms with Crippen molar-refractivity contribution < 1.29 is 9.53 Å². The van der Waals surface area contributed by atoms with Gasteiger partial charge in [0.15, 0.2) is 0 Å². The van der Waals surface area contributed by atoms with Crippen molar-refractivity contribution in [1.29, 1.82) is 0 Å². The quantitative estimate of drug-likeness (QED) is 0.581. The average Bonchev–Trinajstić information content (AvgIpc) is 3.27. The Balaban J connectivity index is 1.46. The van der Waals surface area contributed by atoms with E-state index in [0.717, 1.165) is 46.0 Å². The first-order chi connectivity index (χ1) is 13.7. The van der Waals surface area contributed by atoms with Gasteiger partial charge in [0.2, 0.25) is 0 Å². The Labute approximate surface area is 175 Å². The summed E-state index contributed by atoms with van der Waals surface area (Å²) in [7, 11) is 0. The van der Waals surface area contributed by atoms with Crippen LogP contribution >= 0.6 is 11.3 Å². The summed E-state index contributed by atoms with van der Waals surface area (Å²) in [5, 5.41) is 3.20. The number of thiazole rings is 1. The number of amides is 1. The number of likely N-dealkylation sites (tertiary alicyclic amines) is 1. The van der Waals surface area contributed by atoms with Gasteiger partial charge in [-0.2, -0.15) is 0 Å². The standard InChI is InChI=1S/C22H28N4O2S/c1-14-10-17(12-26-11-15(2)23-19(14)26)20-24-18(13-29-20)16-6-8-25(9-7-16)21(27)28-22(3,4)5/h10-13,16H,6-9H2,1-5H3. The lowest BCUT2D eigenvalue weighted by Gasteiger charge is -2.32. The van der Waals surface area contributed by atoms with Gasteiger partial charge in [0.1, 0.15) is 16.3 Å². The van der Waals surface area contributed by atoms with Crippen molar-refractivity contribution in [3.05, 3.63) is 40.8 Å². The molecule has 29 heavy (non-hydrogen) atoms. The Morgan fingerprint density at radius 2 is 1.90 bits per heavy atom. The van der Waals surface area contributed by atoms with Gasteiger partial charge in [0.05, 0.1) is 11.4 Å². The highest BCUT2D eigenvalue weighted by Crippen LogP contribution is 2.33. The molecular formula is C22H28N4O2S. The fourth-order valence-electron chi connectivity index (χ4n) is 3.80. The molecule has 0 N–H and O–H groups in total. The molecule has 154 valence electrons. The molecule has 0 radical (unpaired) electrons. The van der Waals surface area contributed by atoms with E-state index < -0.39 is 5.60 Å². The van der Waals surface area contributed by atoms with Gasteiger partial charge < -0.3 is 14.0 Å². The van der Waals surface area contributed by atoms with Crippen LogP contribution in [-0.4, -0.2) is 44.1 Å². The largest absolute Gasteiger partial charge is 0.444 e. The molecule has 0 spiro atoms. The van der Waals surface area contributed by atoms with Crippen LogP contribution in [0, 0.1) is 13.8 Å². The summed E-state index contributed by atoms with van der Waals surface area (Å²) < 4.78 is 7.58. The molecule has 0 atom stereocenters. The number of hydrogen-bond acceptors (Lipinski definition) is 5. The normalized spacial score (nSPS) is 15.8. The van der Waals surface area contributed by atoms with Gasteiger partial charge in [-0.15, -0.1) is 11.3 Å². The first kappa shape index (κ1) is 19.9. The number of carbonyl (C=O) groups excluding carboxylic acids is 1. The number of imidazole rings is 1. The van der Waals surface area contributed by atoms with E-state index in [1.165, 1.54) is 0 Å². The summed E-state index contributed by atoms with van der Waals surface area (Å²) >= 11 is 1.69. The van der Waals surface area contributed by atoms with E-state index in [9.17, 15) is 4.79 Å². The SMILES string of the molecule is Cc1cn2cc(-c3nc(C4CCN(C(=O)OC(C)(C)C)CC4)cs3)cc(C)c2n1. The lowest BCUT2D eigenvalue weighted by atomic mass is 9.94. The van der Waals surface area contributed by atoms with Gasteiger partial charge >= 0.3 is 6.09 Å². The number of ether oxygens (including phenoxy) is 1. The lowest BCUT2D eigenvalue weighted by molar-refractivity contribution is 0.0204. The molecule has 1 amide bonds. The monoisotopic (exact) mass is 412 g/mol. The summed E-state index contributed by atoms with van der Waals surface area (Å²) in [6.07, 6.45) is 5.78. The van der Waals surface area contributed by atoms with E-state index in [0.29, 0.717) is 19.0 Å². The molecule has 7 heteroatoms. The Morgan fingerprint density at radius 3 is 2.59 bits per heavy atom. The Hall–Kier alpha value is -2.41. The number of hydrogen-bond donors (Lipinski definition) is 0. The minimum Gasteiger partial charge on any atom is -0.444 e. The Bertz CT molecular complexity index is 1040. The van der Waals surface area contributed by atoms with Crippen LogP contribution in [0.5, 0.6) is 0 Å². The zero-order chi connectivity index (χ0) is 20.8. The summed E-state index contributed by atoms with van der Waals surface area (Å²) in [4.78, 5) is 23.6. The molecule has 1 aliphatic heterocycles. The molecule has 3 aromatic rings. The van der Waals surface area contributed by atoms with E-state index >= 15 is 0 Å². The van der Waals surface area contributed by atoms with Crippen molar-refractivity contribution in [2.24, 2.45) is 0 Å². The third kappa shape index (κ3) is 4.29. The molecule has 1 saturated heterocycles. The smallest absolute Gasteiger partial charge is 0.410 e. The summed E-state index contributed by atoms with van der Waals surface area (Å²) in [6.45, 7) is 11.2. The van der Waals surface area contributed by atoms with E-state index in [1.54, 1.807) is 11.3 Å². The van der Waals surface area contributed by atoms with Gasteiger partial charge in [0, 0.05) is 42.3 Å². The number of rotatable bonds is 2. The number of piperidine rings is 1. The van der Waals surface area contributed by atoms with Crippen LogP contribution in [0.1, 0.15) is 56.5 Å². The maximum Gasteiger partial charge on any atom is 0.410 e. The molecule has 0 aromatic carbocycles. The predicted octanol–water partition coefficient (Wildman–Crippen LogP) is 5.19. The van der Waals surface area contributed by atoms with Gasteiger partial charge in [-0.3, -0.25) is 0 Å². The molecule has 6 nitrogen and oxygen atoms in total. The van der Waals surface area contributed by atoms with Crippen molar-refractivity contribution in [2.75, 3.05) is 13.1 Å². The topological polar surface area (TPSA) is 59.7 Å². The van der Waals surface area contributed by atoms with E-state index in [4.69, 9.17) is 9.72 Å².